The molecule has 1 aliphatic rings. The van der Waals surface area contributed by atoms with Crippen LogP contribution in [0.4, 0.5) is 0 Å². The summed E-state index contributed by atoms with van der Waals surface area (Å²) in [5, 5.41) is 10.6. The van der Waals surface area contributed by atoms with Crippen molar-refractivity contribution in [3.63, 3.8) is 0 Å². The zero-order valence-corrected chi connectivity index (χ0v) is 13.9. The molecule has 0 aromatic carbocycles. The molecule has 0 bridgehead atoms. The maximum atomic E-state index is 10.6. The van der Waals surface area contributed by atoms with Gasteiger partial charge >= 0.3 is 0 Å². The third-order valence-electron chi connectivity index (χ3n) is 5.00. The molecule has 0 aromatic rings. The molecular formula is C17H35NO2. The zero-order chi connectivity index (χ0) is 14.8. The molecule has 1 N–H and O–H groups in total. The average molecular weight is 285 g/mol. The van der Waals surface area contributed by atoms with Crippen molar-refractivity contribution in [3.05, 3.63) is 0 Å². The van der Waals surface area contributed by atoms with Crippen LogP contribution in [-0.2, 0) is 4.74 Å². The predicted molar refractivity (Wildman–Crippen MR) is 85.1 cm³/mol. The van der Waals surface area contributed by atoms with E-state index in [1.54, 1.807) is 0 Å². The summed E-state index contributed by atoms with van der Waals surface area (Å²) in [5.41, 5.74) is -0.0762. The second-order valence-electron chi connectivity index (χ2n) is 6.38. The standard InChI is InChI=1S/C17H35NO2/c1-4-6-7-8-9-10-11-16(19)17(3,5-2)18-12-14-20-15-13-18/h16,19H,4-15H2,1-3H3. The highest BCUT2D eigenvalue weighted by Gasteiger charge is 2.37. The van der Waals surface area contributed by atoms with Gasteiger partial charge in [-0.25, -0.2) is 0 Å². The van der Waals surface area contributed by atoms with Crippen molar-refractivity contribution < 1.29 is 9.84 Å². The molecule has 3 nitrogen and oxygen atoms in total. The Labute approximate surface area is 125 Å². The van der Waals surface area contributed by atoms with E-state index in [0.717, 1.165) is 45.6 Å². The molecule has 0 aromatic heterocycles. The molecule has 3 heteroatoms. The van der Waals surface area contributed by atoms with Crippen molar-refractivity contribution in [1.29, 1.82) is 0 Å². The topological polar surface area (TPSA) is 32.7 Å². The zero-order valence-electron chi connectivity index (χ0n) is 13.9. The van der Waals surface area contributed by atoms with E-state index in [1.807, 2.05) is 0 Å². The minimum atomic E-state index is -0.211. The third kappa shape index (κ3) is 5.34. The molecule has 0 aliphatic carbocycles. The Morgan fingerprint density at radius 3 is 2.25 bits per heavy atom. The number of aliphatic hydroxyl groups is 1. The van der Waals surface area contributed by atoms with E-state index in [9.17, 15) is 5.11 Å². The molecule has 0 spiro atoms. The van der Waals surface area contributed by atoms with E-state index in [0.29, 0.717) is 0 Å². The van der Waals surface area contributed by atoms with Gasteiger partial charge in [-0.1, -0.05) is 52.4 Å². The fourth-order valence-electron chi connectivity index (χ4n) is 3.17. The minimum Gasteiger partial charge on any atom is -0.391 e. The number of hydrogen-bond acceptors (Lipinski definition) is 3. The van der Waals surface area contributed by atoms with E-state index in [2.05, 4.69) is 25.7 Å². The van der Waals surface area contributed by atoms with E-state index < -0.39 is 0 Å². The Balaban J connectivity index is 2.31. The lowest BCUT2D eigenvalue weighted by atomic mass is 9.86. The fourth-order valence-corrected chi connectivity index (χ4v) is 3.17. The SMILES string of the molecule is CCCCCCCCC(O)C(C)(CC)N1CCOCC1. The van der Waals surface area contributed by atoms with Crippen molar-refractivity contribution in [1.82, 2.24) is 4.90 Å². The number of morpholine rings is 1. The average Bonchev–Trinajstić information content (AvgIpc) is 2.50. The first-order valence-corrected chi connectivity index (χ1v) is 8.66. The van der Waals surface area contributed by atoms with Gasteiger partial charge in [0.25, 0.3) is 0 Å². The van der Waals surface area contributed by atoms with Crippen molar-refractivity contribution in [2.45, 2.75) is 83.8 Å². The summed E-state index contributed by atoms with van der Waals surface area (Å²) >= 11 is 0. The van der Waals surface area contributed by atoms with Crippen LogP contribution in [0.15, 0.2) is 0 Å². The molecule has 1 rings (SSSR count). The quantitative estimate of drug-likeness (QED) is 0.623. The molecule has 1 saturated heterocycles. The van der Waals surface area contributed by atoms with Gasteiger partial charge in [-0.3, -0.25) is 4.90 Å². The third-order valence-corrected chi connectivity index (χ3v) is 5.00. The van der Waals surface area contributed by atoms with Gasteiger partial charge in [-0.05, 0) is 19.8 Å². The van der Waals surface area contributed by atoms with Gasteiger partial charge in [0.2, 0.25) is 0 Å². The van der Waals surface area contributed by atoms with Crippen LogP contribution in [0.5, 0.6) is 0 Å². The maximum absolute atomic E-state index is 10.6. The lowest BCUT2D eigenvalue weighted by molar-refractivity contribution is -0.0745. The summed E-state index contributed by atoms with van der Waals surface area (Å²) in [6.45, 7) is 10.2. The monoisotopic (exact) mass is 285 g/mol. The largest absolute Gasteiger partial charge is 0.391 e. The second kappa shape index (κ2) is 9.75. The minimum absolute atomic E-state index is 0.0762. The number of nitrogens with zero attached hydrogens (tertiary/aromatic N) is 1. The number of hydrogen-bond donors (Lipinski definition) is 1. The summed E-state index contributed by atoms with van der Waals surface area (Å²) < 4.78 is 5.43. The van der Waals surface area contributed by atoms with Crippen LogP contribution in [0.25, 0.3) is 0 Å². The van der Waals surface area contributed by atoms with Gasteiger partial charge in [0.15, 0.2) is 0 Å². The number of rotatable bonds is 10. The number of unbranched alkanes of at least 4 members (excludes halogenated alkanes) is 5. The summed E-state index contributed by atoms with van der Waals surface area (Å²) in [6, 6.07) is 0. The van der Waals surface area contributed by atoms with Crippen LogP contribution in [0, 0.1) is 0 Å². The van der Waals surface area contributed by atoms with Gasteiger partial charge in [0, 0.05) is 18.6 Å². The Morgan fingerprint density at radius 2 is 1.65 bits per heavy atom. The summed E-state index contributed by atoms with van der Waals surface area (Å²) in [4.78, 5) is 2.43. The van der Waals surface area contributed by atoms with Gasteiger partial charge in [-0.15, -0.1) is 0 Å². The van der Waals surface area contributed by atoms with Crippen LogP contribution < -0.4 is 0 Å². The van der Waals surface area contributed by atoms with E-state index in [1.165, 1.54) is 32.1 Å². The van der Waals surface area contributed by atoms with Gasteiger partial charge < -0.3 is 9.84 Å². The van der Waals surface area contributed by atoms with Crippen LogP contribution in [0.3, 0.4) is 0 Å². The lowest BCUT2D eigenvalue weighted by Gasteiger charge is -2.46. The van der Waals surface area contributed by atoms with Crippen molar-refractivity contribution in [2.75, 3.05) is 26.3 Å². The summed E-state index contributed by atoms with van der Waals surface area (Å²) in [7, 11) is 0. The number of aliphatic hydroxyl groups excluding tert-OH is 1. The lowest BCUT2D eigenvalue weighted by Crippen LogP contribution is -2.57. The molecule has 1 aliphatic heterocycles. The highest BCUT2D eigenvalue weighted by molar-refractivity contribution is 4.92. The first-order valence-electron chi connectivity index (χ1n) is 8.66. The highest BCUT2D eigenvalue weighted by Crippen LogP contribution is 2.28. The Kier molecular flexibility index (Phi) is 8.74. The first kappa shape index (κ1) is 17.9. The molecule has 2 unspecified atom stereocenters. The molecule has 2 atom stereocenters. The van der Waals surface area contributed by atoms with Gasteiger partial charge in [0.05, 0.1) is 19.3 Å². The van der Waals surface area contributed by atoms with Crippen LogP contribution in [0.1, 0.15) is 72.1 Å². The highest BCUT2D eigenvalue weighted by atomic mass is 16.5. The number of ether oxygens (including phenoxy) is 1. The van der Waals surface area contributed by atoms with E-state index in [4.69, 9.17) is 4.74 Å². The fraction of sp³-hybridized carbons (Fsp3) is 1.00. The predicted octanol–water partition coefficient (Wildman–Crippen LogP) is 3.60. The molecule has 120 valence electrons. The van der Waals surface area contributed by atoms with Gasteiger partial charge in [0.1, 0.15) is 0 Å². The Hall–Kier alpha value is -0.120. The van der Waals surface area contributed by atoms with Gasteiger partial charge in [-0.2, -0.15) is 0 Å². The summed E-state index contributed by atoms with van der Waals surface area (Å²) in [6.07, 6.45) is 9.47. The van der Waals surface area contributed by atoms with Crippen LogP contribution in [-0.4, -0.2) is 48.0 Å². The van der Waals surface area contributed by atoms with E-state index in [-0.39, 0.29) is 11.6 Å². The molecule has 0 saturated carbocycles. The molecule has 0 amide bonds. The van der Waals surface area contributed by atoms with Crippen molar-refractivity contribution in [2.24, 2.45) is 0 Å². The van der Waals surface area contributed by atoms with Crippen molar-refractivity contribution in [3.8, 4) is 0 Å². The maximum Gasteiger partial charge on any atom is 0.0721 e. The summed E-state index contributed by atoms with van der Waals surface area (Å²) in [5.74, 6) is 0. The van der Waals surface area contributed by atoms with Crippen LogP contribution in [0.2, 0.25) is 0 Å². The first-order chi connectivity index (χ1) is 9.65. The van der Waals surface area contributed by atoms with Crippen molar-refractivity contribution >= 4 is 0 Å². The molecule has 1 fully saturated rings. The molecule has 0 radical (unpaired) electrons. The Bertz CT molecular complexity index is 241. The van der Waals surface area contributed by atoms with Crippen LogP contribution >= 0.6 is 0 Å². The molecule has 20 heavy (non-hydrogen) atoms. The normalized spacial score (nSPS) is 21.6. The molecule has 1 heterocycles. The molecular weight excluding hydrogens is 250 g/mol. The smallest absolute Gasteiger partial charge is 0.0721 e. The Morgan fingerprint density at radius 1 is 1.05 bits per heavy atom. The van der Waals surface area contributed by atoms with E-state index >= 15 is 0 Å². The second-order valence-corrected chi connectivity index (χ2v) is 6.38.